The molecule has 2 heterocycles. The highest BCUT2D eigenvalue weighted by molar-refractivity contribution is 6.02. The predicted octanol–water partition coefficient (Wildman–Crippen LogP) is 1.54. The summed E-state index contributed by atoms with van der Waals surface area (Å²) >= 11 is 0. The maximum absolute atomic E-state index is 12.5. The first-order chi connectivity index (χ1) is 11.7. The van der Waals surface area contributed by atoms with Crippen LogP contribution < -0.4 is 10.6 Å². The van der Waals surface area contributed by atoms with Crippen molar-refractivity contribution in [2.75, 3.05) is 27.2 Å². The minimum absolute atomic E-state index is 0.222. The van der Waals surface area contributed by atoms with Gasteiger partial charge in [0.05, 0.1) is 5.52 Å². The summed E-state index contributed by atoms with van der Waals surface area (Å²) in [5, 5.41) is 5.76. The van der Waals surface area contributed by atoms with Crippen molar-refractivity contribution < 1.29 is 9.59 Å². The van der Waals surface area contributed by atoms with Crippen LogP contribution in [0.25, 0.3) is 5.52 Å². The van der Waals surface area contributed by atoms with E-state index < -0.39 is 0 Å². The summed E-state index contributed by atoms with van der Waals surface area (Å²) < 4.78 is 1.65. The van der Waals surface area contributed by atoms with Crippen molar-refractivity contribution in [2.45, 2.75) is 32.7 Å². The average Bonchev–Trinajstić information content (AvgIpc) is 2.89. The number of imidazole rings is 1. The van der Waals surface area contributed by atoms with Gasteiger partial charge in [0.25, 0.3) is 11.8 Å². The highest BCUT2D eigenvalue weighted by atomic mass is 16.2. The minimum Gasteiger partial charge on any atom is -0.349 e. The largest absolute Gasteiger partial charge is 0.349 e. The topological polar surface area (TPSA) is 78.7 Å². The van der Waals surface area contributed by atoms with Gasteiger partial charge in [0.2, 0.25) is 5.82 Å². The van der Waals surface area contributed by atoms with E-state index in [4.69, 9.17) is 0 Å². The molecule has 0 fully saturated rings. The van der Waals surface area contributed by atoms with E-state index in [0.717, 1.165) is 13.0 Å². The first-order valence-electron chi connectivity index (χ1n) is 8.41. The zero-order chi connectivity index (χ0) is 18.6. The Kier molecular flexibility index (Phi) is 5.79. The van der Waals surface area contributed by atoms with Crippen LogP contribution in [0.15, 0.2) is 24.4 Å². The van der Waals surface area contributed by atoms with Gasteiger partial charge in [-0.05, 0) is 60.0 Å². The Hall–Kier alpha value is -2.41. The summed E-state index contributed by atoms with van der Waals surface area (Å²) in [5.74, 6) is -0.350. The number of fused-ring (bicyclic) bond motifs is 1. The number of amides is 2. The second-order valence-corrected chi connectivity index (χ2v) is 7.36. The summed E-state index contributed by atoms with van der Waals surface area (Å²) in [5.41, 5.74) is 0.493. The molecule has 0 spiro atoms. The van der Waals surface area contributed by atoms with Gasteiger partial charge in [-0.3, -0.25) is 14.0 Å². The molecule has 0 aliphatic heterocycles. The number of nitrogens with zero attached hydrogens (tertiary/aromatic N) is 3. The van der Waals surface area contributed by atoms with E-state index in [9.17, 15) is 9.59 Å². The standard InChI is InChI=1S/C18H27N5O2/c1-18(2,3)21-16(24)14-13-9-6-7-12-23(13)15(20-14)17(25)19-10-8-11-22(4)5/h6-7,9,12H,8,10-11H2,1-5H3,(H,19,25)(H,21,24). The predicted molar refractivity (Wildman–Crippen MR) is 97.9 cm³/mol. The summed E-state index contributed by atoms with van der Waals surface area (Å²) in [6.07, 6.45) is 2.59. The number of aromatic nitrogens is 2. The molecule has 0 radical (unpaired) electrons. The molecular weight excluding hydrogens is 318 g/mol. The van der Waals surface area contributed by atoms with Gasteiger partial charge in [-0.15, -0.1) is 0 Å². The average molecular weight is 345 g/mol. The van der Waals surface area contributed by atoms with Crippen LogP contribution in [0.4, 0.5) is 0 Å². The second kappa shape index (κ2) is 7.65. The smallest absolute Gasteiger partial charge is 0.287 e. The van der Waals surface area contributed by atoms with Gasteiger partial charge in [0.1, 0.15) is 0 Å². The Morgan fingerprint density at radius 3 is 2.56 bits per heavy atom. The first-order valence-corrected chi connectivity index (χ1v) is 8.41. The molecule has 0 aliphatic rings. The fourth-order valence-corrected chi connectivity index (χ4v) is 2.44. The van der Waals surface area contributed by atoms with Crippen molar-refractivity contribution in [1.82, 2.24) is 24.9 Å². The maximum Gasteiger partial charge on any atom is 0.287 e. The van der Waals surface area contributed by atoms with Crippen molar-refractivity contribution in [1.29, 1.82) is 0 Å². The number of hydrogen-bond acceptors (Lipinski definition) is 4. The van der Waals surface area contributed by atoms with Crippen LogP contribution in [0.3, 0.4) is 0 Å². The lowest BCUT2D eigenvalue weighted by atomic mass is 10.1. The minimum atomic E-state index is -0.379. The van der Waals surface area contributed by atoms with Gasteiger partial charge < -0.3 is 15.5 Å². The van der Waals surface area contributed by atoms with E-state index in [1.807, 2.05) is 47.0 Å². The molecule has 2 aromatic rings. The van der Waals surface area contributed by atoms with E-state index in [0.29, 0.717) is 12.1 Å². The number of hydrogen-bond donors (Lipinski definition) is 2. The van der Waals surface area contributed by atoms with Crippen molar-refractivity contribution in [3.8, 4) is 0 Å². The van der Waals surface area contributed by atoms with Crippen LogP contribution in [-0.4, -0.2) is 58.8 Å². The van der Waals surface area contributed by atoms with Gasteiger partial charge in [-0.25, -0.2) is 4.98 Å². The SMILES string of the molecule is CN(C)CCCNC(=O)c1nc(C(=O)NC(C)(C)C)c2ccccn12. The third kappa shape index (κ3) is 5.03. The van der Waals surface area contributed by atoms with Crippen molar-refractivity contribution in [3.05, 3.63) is 35.9 Å². The molecule has 25 heavy (non-hydrogen) atoms. The molecule has 0 aliphatic carbocycles. The quantitative estimate of drug-likeness (QED) is 0.779. The molecule has 0 bridgehead atoms. The number of rotatable bonds is 6. The number of carbonyl (C=O) groups excluding carboxylic acids is 2. The Morgan fingerprint density at radius 1 is 1.20 bits per heavy atom. The fraction of sp³-hybridized carbons (Fsp3) is 0.500. The Balaban J connectivity index is 2.23. The molecule has 2 aromatic heterocycles. The third-order valence-electron chi connectivity index (χ3n) is 3.52. The molecule has 2 N–H and O–H groups in total. The molecule has 2 amide bonds. The van der Waals surface area contributed by atoms with Crippen LogP contribution in [0.5, 0.6) is 0 Å². The van der Waals surface area contributed by atoms with Gasteiger partial charge in [0, 0.05) is 18.3 Å². The van der Waals surface area contributed by atoms with Gasteiger partial charge in [-0.1, -0.05) is 6.07 Å². The number of carbonyl (C=O) groups is 2. The third-order valence-corrected chi connectivity index (χ3v) is 3.52. The zero-order valence-electron chi connectivity index (χ0n) is 15.6. The monoisotopic (exact) mass is 345 g/mol. The molecule has 136 valence electrons. The Morgan fingerprint density at radius 2 is 1.92 bits per heavy atom. The van der Waals surface area contributed by atoms with Crippen molar-refractivity contribution in [2.24, 2.45) is 0 Å². The molecule has 0 unspecified atom stereocenters. The van der Waals surface area contributed by atoms with Gasteiger partial charge in [0.15, 0.2) is 5.69 Å². The lowest BCUT2D eigenvalue weighted by molar-refractivity contribution is 0.0916. The van der Waals surface area contributed by atoms with Crippen LogP contribution in [-0.2, 0) is 0 Å². The van der Waals surface area contributed by atoms with Crippen LogP contribution in [0.2, 0.25) is 0 Å². The van der Waals surface area contributed by atoms with Crippen LogP contribution in [0, 0.1) is 0 Å². The lowest BCUT2D eigenvalue weighted by Gasteiger charge is -2.19. The molecule has 7 nitrogen and oxygen atoms in total. The second-order valence-electron chi connectivity index (χ2n) is 7.36. The van der Waals surface area contributed by atoms with E-state index in [2.05, 4.69) is 20.5 Å². The van der Waals surface area contributed by atoms with E-state index in [1.54, 1.807) is 16.7 Å². The Bertz CT molecular complexity index is 758. The maximum atomic E-state index is 12.5. The number of nitrogens with one attached hydrogen (secondary N) is 2. The fourth-order valence-electron chi connectivity index (χ4n) is 2.44. The van der Waals surface area contributed by atoms with Crippen LogP contribution in [0.1, 0.15) is 48.3 Å². The van der Waals surface area contributed by atoms with E-state index >= 15 is 0 Å². The van der Waals surface area contributed by atoms with E-state index in [1.165, 1.54) is 0 Å². The molecule has 7 heteroatoms. The molecule has 0 aromatic carbocycles. The van der Waals surface area contributed by atoms with Crippen molar-refractivity contribution >= 4 is 17.3 Å². The molecule has 2 rings (SSSR count). The highest BCUT2D eigenvalue weighted by Crippen LogP contribution is 2.14. The summed E-state index contributed by atoms with van der Waals surface area (Å²) in [7, 11) is 3.98. The molecule has 0 saturated heterocycles. The van der Waals surface area contributed by atoms with Crippen LogP contribution >= 0.6 is 0 Å². The zero-order valence-corrected chi connectivity index (χ0v) is 15.6. The number of pyridine rings is 1. The summed E-state index contributed by atoms with van der Waals surface area (Å²) in [6, 6.07) is 5.42. The van der Waals surface area contributed by atoms with Gasteiger partial charge >= 0.3 is 0 Å². The van der Waals surface area contributed by atoms with Gasteiger partial charge in [-0.2, -0.15) is 0 Å². The normalized spacial score (nSPS) is 11.8. The van der Waals surface area contributed by atoms with E-state index in [-0.39, 0.29) is 28.9 Å². The Labute approximate surface area is 148 Å². The highest BCUT2D eigenvalue weighted by Gasteiger charge is 2.23. The van der Waals surface area contributed by atoms with Crippen molar-refractivity contribution in [3.63, 3.8) is 0 Å². The summed E-state index contributed by atoms with van der Waals surface area (Å²) in [6.45, 7) is 7.16. The molecule has 0 atom stereocenters. The summed E-state index contributed by atoms with van der Waals surface area (Å²) in [4.78, 5) is 31.4. The first kappa shape index (κ1) is 18.9. The molecular formula is C18H27N5O2. The molecule has 0 saturated carbocycles. The lowest BCUT2D eigenvalue weighted by Crippen LogP contribution is -2.40.